The fourth-order valence-corrected chi connectivity index (χ4v) is 1.56. The minimum absolute atomic E-state index is 0.00792. The zero-order valence-corrected chi connectivity index (χ0v) is 9.91. The third-order valence-electron chi connectivity index (χ3n) is 1.78. The van der Waals surface area contributed by atoms with Crippen molar-refractivity contribution in [3.63, 3.8) is 0 Å². The molecule has 90 valence electrons. The van der Waals surface area contributed by atoms with Crippen LogP contribution in [-0.2, 0) is 4.79 Å². The van der Waals surface area contributed by atoms with Gasteiger partial charge in [-0.15, -0.1) is 0 Å². The normalized spacial score (nSPS) is 9.59. The average molecular weight is 256 g/mol. The predicted molar refractivity (Wildman–Crippen MR) is 62.7 cm³/mol. The summed E-state index contributed by atoms with van der Waals surface area (Å²) in [6.07, 6.45) is 0.405. The summed E-state index contributed by atoms with van der Waals surface area (Å²) < 4.78 is 25.7. The van der Waals surface area contributed by atoms with E-state index in [-0.39, 0.29) is 10.7 Å². The molecule has 5 heteroatoms. The average Bonchev–Trinajstić information content (AvgIpc) is 2.23. The fourth-order valence-electron chi connectivity index (χ4n) is 1.06. The van der Waals surface area contributed by atoms with Crippen molar-refractivity contribution in [1.29, 1.82) is 0 Å². The molecule has 17 heavy (non-hydrogen) atoms. The molecular formula is C12H10F2O2S. The van der Waals surface area contributed by atoms with Crippen molar-refractivity contribution in [2.24, 2.45) is 0 Å². The Morgan fingerprint density at radius 3 is 2.82 bits per heavy atom. The molecule has 0 aliphatic rings. The van der Waals surface area contributed by atoms with Crippen molar-refractivity contribution in [3.05, 3.63) is 29.3 Å². The summed E-state index contributed by atoms with van der Waals surface area (Å²) in [6.45, 7) is 1.45. The number of hydrogen-bond acceptors (Lipinski definition) is 3. The van der Waals surface area contributed by atoms with Crippen LogP contribution in [0.25, 0.3) is 0 Å². The molecule has 0 aliphatic heterocycles. The highest BCUT2D eigenvalue weighted by Crippen LogP contribution is 2.21. The third-order valence-corrected chi connectivity index (χ3v) is 2.60. The maximum atomic E-state index is 12.9. The maximum absolute atomic E-state index is 12.9. The largest absolute Gasteiger partial charge is 0.504 e. The number of carbonyl (C=O) groups is 1. The maximum Gasteiger partial charge on any atom is 0.185 e. The van der Waals surface area contributed by atoms with Gasteiger partial charge in [-0.1, -0.05) is 23.6 Å². The summed E-state index contributed by atoms with van der Waals surface area (Å²) in [7, 11) is 0. The smallest absolute Gasteiger partial charge is 0.185 e. The molecule has 0 aromatic heterocycles. The Bertz CT molecular complexity index is 489. The molecule has 0 atom stereocenters. The number of carbonyl (C=O) groups excluding carboxylic acids is 1. The van der Waals surface area contributed by atoms with Crippen LogP contribution >= 0.6 is 11.8 Å². The van der Waals surface area contributed by atoms with Crippen LogP contribution in [0.3, 0.4) is 0 Å². The summed E-state index contributed by atoms with van der Waals surface area (Å²) in [4.78, 5) is 10.6. The van der Waals surface area contributed by atoms with Crippen molar-refractivity contribution in [2.45, 2.75) is 13.3 Å². The number of phenols is 1. The first-order valence-corrected chi connectivity index (χ1v) is 5.79. The van der Waals surface area contributed by atoms with Gasteiger partial charge in [-0.2, -0.15) is 0 Å². The van der Waals surface area contributed by atoms with Crippen LogP contribution in [0.15, 0.2) is 12.1 Å². The lowest BCUT2D eigenvalue weighted by atomic mass is 10.2. The van der Waals surface area contributed by atoms with Crippen molar-refractivity contribution in [2.75, 3.05) is 5.75 Å². The van der Waals surface area contributed by atoms with Gasteiger partial charge in [-0.3, -0.25) is 4.79 Å². The number of benzene rings is 1. The molecule has 0 heterocycles. The van der Waals surface area contributed by atoms with E-state index in [0.717, 1.165) is 17.8 Å². The molecule has 0 radical (unpaired) electrons. The zero-order valence-electron chi connectivity index (χ0n) is 9.09. The van der Waals surface area contributed by atoms with E-state index in [0.29, 0.717) is 18.2 Å². The molecule has 1 aromatic rings. The third kappa shape index (κ3) is 4.45. The van der Waals surface area contributed by atoms with Crippen LogP contribution < -0.4 is 0 Å². The van der Waals surface area contributed by atoms with Gasteiger partial charge in [0.25, 0.3) is 0 Å². The van der Waals surface area contributed by atoms with E-state index in [4.69, 9.17) is 0 Å². The molecule has 1 rings (SSSR count). The SMILES string of the molecule is CC(=O)SCCC#Cc1cc(F)cc(F)c1O. The van der Waals surface area contributed by atoms with Gasteiger partial charge >= 0.3 is 0 Å². The van der Waals surface area contributed by atoms with Gasteiger partial charge in [0.05, 0.1) is 5.56 Å². The van der Waals surface area contributed by atoms with E-state index < -0.39 is 17.4 Å². The van der Waals surface area contributed by atoms with Gasteiger partial charge in [0, 0.05) is 25.2 Å². The standard InChI is InChI=1S/C12H10F2O2S/c1-8(15)17-5-3-2-4-9-6-10(13)7-11(14)12(9)16/h6-7,16H,3,5H2,1H3. The predicted octanol–water partition coefficient (Wildman–Crippen LogP) is 2.69. The van der Waals surface area contributed by atoms with E-state index in [9.17, 15) is 18.7 Å². The molecule has 2 nitrogen and oxygen atoms in total. The second-order valence-electron chi connectivity index (χ2n) is 3.18. The van der Waals surface area contributed by atoms with E-state index in [1.165, 1.54) is 6.92 Å². The Kier molecular flexibility index (Phi) is 4.98. The highest BCUT2D eigenvalue weighted by molar-refractivity contribution is 8.13. The molecular weight excluding hydrogens is 246 g/mol. The van der Waals surface area contributed by atoms with Crippen LogP contribution in [0, 0.1) is 23.5 Å². The van der Waals surface area contributed by atoms with Crippen molar-refractivity contribution in [1.82, 2.24) is 0 Å². The van der Waals surface area contributed by atoms with E-state index in [2.05, 4.69) is 11.8 Å². The molecule has 0 fully saturated rings. The topological polar surface area (TPSA) is 37.3 Å². The molecule has 0 spiro atoms. The zero-order chi connectivity index (χ0) is 12.8. The highest BCUT2D eigenvalue weighted by Gasteiger charge is 2.07. The fraction of sp³-hybridized carbons (Fsp3) is 0.250. The first-order chi connectivity index (χ1) is 8.00. The van der Waals surface area contributed by atoms with Gasteiger partial charge in [-0.25, -0.2) is 8.78 Å². The van der Waals surface area contributed by atoms with E-state index in [1.54, 1.807) is 0 Å². The molecule has 1 N–H and O–H groups in total. The van der Waals surface area contributed by atoms with Gasteiger partial charge in [-0.05, 0) is 6.07 Å². The minimum Gasteiger partial charge on any atom is -0.504 e. The van der Waals surface area contributed by atoms with Crippen molar-refractivity contribution >= 4 is 16.9 Å². The van der Waals surface area contributed by atoms with E-state index >= 15 is 0 Å². The summed E-state index contributed by atoms with van der Waals surface area (Å²) in [6, 6.07) is 1.55. The van der Waals surface area contributed by atoms with Gasteiger partial charge in [0.1, 0.15) is 5.82 Å². The van der Waals surface area contributed by atoms with Gasteiger partial charge in [0.2, 0.25) is 0 Å². The lowest BCUT2D eigenvalue weighted by Crippen LogP contribution is -1.87. The number of phenolic OH excluding ortho intramolecular Hbond substituents is 1. The lowest BCUT2D eigenvalue weighted by molar-refractivity contribution is -0.109. The second-order valence-corrected chi connectivity index (χ2v) is 4.45. The number of hydrogen-bond donors (Lipinski definition) is 1. The first kappa shape index (κ1) is 13.5. The van der Waals surface area contributed by atoms with Crippen molar-refractivity contribution < 1.29 is 18.7 Å². The Morgan fingerprint density at radius 2 is 2.18 bits per heavy atom. The van der Waals surface area contributed by atoms with Crippen LogP contribution in [0.5, 0.6) is 5.75 Å². The molecule has 0 bridgehead atoms. The number of rotatable bonds is 2. The van der Waals surface area contributed by atoms with Crippen molar-refractivity contribution in [3.8, 4) is 17.6 Å². The summed E-state index contributed by atoms with van der Waals surface area (Å²) in [5.74, 6) is 3.14. The summed E-state index contributed by atoms with van der Waals surface area (Å²) >= 11 is 1.12. The molecule has 0 unspecified atom stereocenters. The second kappa shape index (κ2) is 6.26. The van der Waals surface area contributed by atoms with Crippen LogP contribution in [0.4, 0.5) is 8.78 Å². The highest BCUT2D eigenvalue weighted by atomic mass is 32.2. The number of aromatic hydroxyl groups is 1. The lowest BCUT2D eigenvalue weighted by Gasteiger charge is -1.98. The quantitative estimate of drug-likeness (QED) is 0.653. The molecule has 1 aromatic carbocycles. The Hall–Kier alpha value is -1.54. The molecule has 0 saturated carbocycles. The minimum atomic E-state index is -1.03. The van der Waals surface area contributed by atoms with E-state index in [1.807, 2.05) is 0 Å². The van der Waals surface area contributed by atoms with Crippen LogP contribution in [0.1, 0.15) is 18.9 Å². The number of halogens is 2. The molecule has 0 amide bonds. The molecule has 0 saturated heterocycles. The monoisotopic (exact) mass is 256 g/mol. The Labute approximate surface area is 102 Å². The summed E-state index contributed by atoms with van der Waals surface area (Å²) in [5.41, 5.74) is -0.0877. The Morgan fingerprint density at radius 1 is 1.47 bits per heavy atom. The van der Waals surface area contributed by atoms with Crippen LogP contribution in [0.2, 0.25) is 0 Å². The molecule has 0 aliphatic carbocycles. The first-order valence-electron chi connectivity index (χ1n) is 4.81. The van der Waals surface area contributed by atoms with Gasteiger partial charge < -0.3 is 5.11 Å². The number of thioether (sulfide) groups is 1. The van der Waals surface area contributed by atoms with Crippen LogP contribution in [-0.4, -0.2) is 16.0 Å². The Balaban J connectivity index is 2.68. The summed E-state index contributed by atoms with van der Waals surface area (Å²) in [5, 5.41) is 9.26. The van der Waals surface area contributed by atoms with Gasteiger partial charge in [0.15, 0.2) is 16.7 Å².